The van der Waals surface area contributed by atoms with Crippen LogP contribution in [0.1, 0.15) is 13.8 Å². The van der Waals surface area contributed by atoms with Gasteiger partial charge in [-0.3, -0.25) is 0 Å². The fourth-order valence-corrected chi connectivity index (χ4v) is 0.650. The molecule has 1 rings (SSSR count). The van der Waals surface area contributed by atoms with E-state index in [-0.39, 0.29) is 0 Å². The summed E-state index contributed by atoms with van der Waals surface area (Å²) in [5, 5.41) is 0. The maximum atomic E-state index is 12.3. The summed E-state index contributed by atoms with van der Waals surface area (Å²) in [4.78, 5) is 0. The summed E-state index contributed by atoms with van der Waals surface area (Å²) in [6.07, 6.45) is 0. The number of rotatable bonds is 0. The van der Waals surface area contributed by atoms with E-state index < -0.39 is 34.8 Å². The maximum Gasteiger partial charge on any atom is 0.225 e. The van der Waals surface area contributed by atoms with E-state index in [4.69, 9.17) is 0 Å². The minimum absolute atomic E-state index is 1.12. The van der Waals surface area contributed by atoms with Crippen LogP contribution in [0.3, 0.4) is 0 Å². The Kier molecular flexibility index (Phi) is 4.49. The molecule has 0 aliphatic rings. The van der Waals surface area contributed by atoms with Crippen molar-refractivity contribution in [2.75, 3.05) is 0 Å². The Morgan fingerprint density at radius 2 is 0.857 bits per heavy atom. The quantitative estimate of drug-likeness (QED) is 0.390. The average molecular weight is 214 g/mol. The van der Waals surface area contributed by atoms with Gasteiger partial charge in [0.1, 0.15) is 0 Å². The number of benzene rings is 1. The lowest BCUT2D eigenvalue weighted by Crippen LogP contribution is -2.43. The van der Waals surface area contributed by atoms with E-state index in [1.807, 2.05) is 13.8 Å². The molecule has 14 heavy (non-hydrogen) atoms. The lowest BCUT2D eigenvalue weighted by atomic mass is 10.2. The second kappa shape index (κ2) is 4.90. The molecule has 0 bridgehead atoms. The van der Waals surface area contributed by atoms with Crippen LogP contribution in [-0.4, -0.2) is 0 Å². The minimum atomic E-state index is -2.17. The zero-order valence-electron chi connectivity index (χ0n) is 7.60. The summed E-state index contributed by atoms with van der Waals surface area (Å²) in [7, 11) is 0. The molecular weight excluding hydrogens is 205 g/mol. The number of hydrogen-bond donors (Lipinski definition) is 1. The molecule has 0 radical (unpaired) electrons. The highest BCUT2D eigenvalue weighted by molar-refractivity contribution is 5.34. The second-order valence-electron chi connectivity index (χ2n) is 2.05. The fraction of sp³-hybridized carbons (Fsp3) is 0.250. The normalized spacial score (nSPS) is 9.43. The van der Waals surface area contributed by atoms with Crippen molar-refractivity contribution in [2.24, 2.45) is 0 Å². The van der Waals surface area contributed by atoms with Crippen molar-refractivity contribution in [3.63, 3.8) is 0 Å². The second-order valence-corrected chi connectivity index (χ2v) is 2.05. The Morgan fingerprint density at radius 1 is 0.643 bits per heavy atom. The third-order valence-corrected chi connectivity index (χ3v) is 1.30. The standard InChI is InChI=1S/C6H2F5N.C2H6/c7-1-2(8)4(10)6(12)5(11)3(1)9;1-2/h12H2;1-2H3/p+1. The van der Waals surface area contributed by atoms with Gasteiger partial charge in [-0.1, -0.05) is 13.8 Å². The minimum Gasteiger partial charge on any atom is -0.320 e. The van der Waals surface area contributed by atoms with Gasteiger partial charge in [-0.15, -0.1) is 0 Å². The first-order chi connectivity index (χ1) is 6.46. The largest absolute Gasteiger partial charge is 0.320 e. The first-order valence-corrected chi connectivity index (χ1v) is 3.80. The molecule has 0 aliphatic carbocycles. The van der Waals surface area contributed by atoms with E-state index in [1.165, 1.54) is 0 Å². The molecule has 1 aromatic carbocycles. The molecule has 0 spiro atoms. The first-order valence-electron chi connectivity index (χ1n) is 3.80. The lowest BCUT2D eigenvalue weighted by molar-refractivity contribution is -0.263. The molecule has 6 heteroatoms. The molecule has 1 nitrogen and oxygen atoms in total. The van der Waals surface area contributed by atoms with Crippen LogP contribution >= 0.6 is 0 Å². The van der Waals surface area contributed by atoms with Crippen LogP contribution in [0, 0.1) is 29.1 Å². The summed E-state index contributed by atoms with van der Waals surface area (Å²) in [5.41, 5.74) is 1.57. The molecule has 1 aromatic rings. The Morgan fingerprint density at radius 3 is 1.14 bits per heavy atom. The third-order valence-electron chi connectivity index (χ3n) is 1.30. The molecule has 0 fully saturated rings. The Bertz CT molecular complexity index is 232. The summed E-state index contributed by atoms with van der Waals surface area (Å²) in [5.74, 6) is -9.91. The highest BCUT2D eigenvalue weighted by Gasteiger charge is 2.26. The summed E-state index contributed by atoms with van der Waals surface area (Å²) in [6, 6.07) is 0. The molecule has 0 atom stereocenters. The predicted octanol–water partition coefficient (Wildman–Crippen LogP) is 2.28. The number of halogens is 5. The van der Waals surface area contributed by atoms with Crippen molar-refractivity contribution in [2.45, 2.75) is 13.8 Å². The molecule has 0 saturated carbocycles. The van der Waals surface area contributed by atoms with Gasteiger partial charge < -0.3 is 5.73 Å². The number of hydrogen-bond acceptors (Lipinski definition) is 0. The Balaban J connectivity index is 0.000000791. The lowest BCUT2D eigenvalue weighted by Gasteiger charge is -1.99. The van der Waals surface area contributed by atoms with Crippen molar-refractivity contribution < 1.29 is 27.7 Å². The van der Waals surface area contributed by atoms with Crippen LogP contribution in [0.2, 0.25) is 0 Å². The summed E-state index contributed by atoms with van der Waals surface area (Å²) < 4.78 is 61.3. The number of quaternary nitrogens is 1. The van der Waals surface area contributed by atoms with E-state index in [0.29, 0.717) is 0 Å². The predicted molar refractivity (Wildman–Crippen MR) is 40.1 cm³/mol. The monoisotopic (exact) mass is 214 g/mol. The SMILES string of the molecule is CC.[NH3+]c1c(F)c(F)c(F)c(F)c1F. The van der Waals surface area contributed by atoms with Gasteiger partial charge in [0, 0.05) is 0 Å². The molecule has 3 N–H and O–H groups in total. The Hall–Kier alpha value is -1.17. The fourth-order valence-electron chi connectivity index (χ4n) is 0.650. The average Bonchev–Trinajstić information content (AvgIpc) is 2.24. The van der Waals surface area contributed by atoms with Gasteiger partial charge in [0.2, 0.25) is 34.8 Å². The summed E-state index contributed by atoms with van der Waals surface area (Å²) in [6.45, 7) is 4.00. The third kappa shape index (κ3) is 2.01. The maximum absolute atomic E-state index is 12.3. The highest BCUT2D eigenvalue weighted by Crippen LogP contribution is 2.22. The summed E-state index contributed by atoms with van der Waals surface area (Å²) >= 11 is 0. The van der Waals surface area contributed by atoms with E-state index in [0.717, 1.165) is 0 Å². The van der Waals surface area contributed by atoms with Crippen molar-refractivity contribution >= 4 is 5.69 Å². The van der Waals surface area contributed by atoms with Gasteiger partial charge in [-0.05, 0) is 0 Å². The van der Waals surface area contributed by atoms with Gasteiger partial charge >= 0.3 is 0 Å². The van der Waals surface area contributed by atoms with Crippen molar-refractivity contribution in [3.8, 4) is 0 Å². The molecule has 0 amide bonds. The van der Waals surface area contributed by atoms with E-state index in [1.54, 1.807) is 0 Å². The van der Waals surface area contributed by atoms with E-state index >= 15 is 0 Å². The van der Waals surface area contributed by atoms with Gasteiger partial charge in [0.25, 0.3) is 0 Å². The van der Waals surface area contributed by atoms with Crippen molar-refractivity contribution in [1.29, 1.82) is 0 Å². The highest BCUT2D eigenvalue weighted by atomic mass is 19.2. The molecule has 0 aliphatic heterocycles. The molecular formula is C8H9F5N+. The first kappa shape index (κ1) is 12.8. The topological polar surface area (TPSA) is 27.6 Å². The molecule has 0 unspecified atom stereocenters. The van der Waals surface area contributed by atoms with Crippen molar-refractivity contribution in [1.82, 2.24) is 0 Å². The van der Waals surface area contributed by atoms with Crippen LogP contribution in [0.5, 0.6) is 0 Å². The van der Waals surface area contributed by atoms with Crippen LogP contribution in [0.15, 0.2) is 0 Å². The van der Waals surface area contributed by atoms with Crippen LogP contribution in [-0.2, 0) is 0 Å². The van der Waals surface area contributed by atoms with Gasteiger partial charge in [0.15, 0.2) is 0 Å². The van der Waals surface area contributed by atoms with Gasteiger partial charge in [-0.25, -0.2) is 13.2 Å². The zero-order valence-corrected chi connectivity index (χ0v) is 7.60. The van der Waals surface area contributed by atoms with E-state index in [2.05, 4.69) is 5.73 Å². The smallest absolute Gasteiger partial charge is 0.225 e. The van der Waals surface area contributed by atoms with Gasteiger partial charge in [0.05, 0.1) is 0 Å². The van der Waals surface area contributed by atoms with E-state index in [9.17, 15) is 22.0 Å². The Labute approximate surface area is 77.3 Å². The molecule has 0 saturated heterocycles. The van der Waals surface area contributed by atoms with Crippen LogP contribution in [0.25, 0.3) is 0 Å². The molecule has 0 heterocycles. The zero-order chi connectivity index (χ0) is 11.5. The molecule has 80 valence electrons. The molecule has 0 aromatic heterocycles. The van der Waals surface area contributed by atoms with Crippen molar-refractivity contribution in [3.05, 3.63) is 29.1 Å². The van der Waals surface area contributed by atoms with Gasteiger partial charge in [-0.2, -0.15) is 8.78 Å². The van der Waals surface area contributed by atoms with Crippen LogP contribution in [0.4, 0.5) is 27.6 Å². The van der Waals surface area contributed by atoms with Crippen LogP contribution < -0.4 is 5.73 Å².